The third kappa shape index (κ3) is 4.65. The number of carbonyl (C=O) groups is 2. The maximum absolute atomic E-state index is 13.0. The number of rotatable bonds is 8. The lowest BCUT2D eigenvalue weighted by Crippen LogP contribution is -2.16. The van der Waals surface area contributed by atoms with Crippen molar-refractivity contribution in [2.75, 3.05) is 13.4 Å². The van der Waals surface area contributed by atoms with Gasteiger partial charge in [0.25, 0.3) is 0 Å². The third-order valence-electron chi connectivity index (χ3n) is 6.38. The zero-order valence-corrected chi connectivity index (χ0v) is 21.2. The molecule has 8 heteroatoms. The topological polar surface area (TPSA) is 95.5 Å². The van der Waals surface area contributed by atoms with Crippen LogP contribution < -0.4 is 9.47 Å². The van der Waals surface area contributed by atoms with Crippen molar-refractivity contribution in [3.63, 3.8) is 0 Å². The van der Waals surface area contributed by atoms with Crippen molar-refractivity contribution in [1.29, 1.82) is 5.26 Å². The number of nitriles is 1. The molecule has 186 valence electrons. The maximum Gasteiger partial charge on any atom is 0.349 e. The van der Waals surface area contributed by atoms with Gasteiger partial charge in [0.2, 0.25) is 12.6 Å². The lowest BCUT2D eigenvalue weighted by Gasteiger charge is -2.11. The molecule has 0 spiro atoms. The van der Waals surface area contributed by atoms with E-state index in [9.17, 15) is 14.9 Å². The fourth-order valence-corrected chi connectivity index (χ4v) is 4.59. The van der Waals surface area contributed by atoms with Crippen LogP contribution in [-0.2, 0) is 16.1 Å². The Morgan fingerprint density at radius 1 is 1.06 bits per heavy atom. The number of ether oxygens (including phenoxy) is 3. The second-order valence-corrected chi connectivity index (χ2v) is 8.81. The number of aryl methyl sites for hydroxylation is 2. The van der Waals surface area contributed by atoms with Crippen LogP contribution in [0.25, 0.3) is 11.8 Å². The van der Waals surface area contributed by atoms with Crippen molar-refractivity contribution in [3.05, 3.63) is 69.8 Å². The maximum atomic E-state index is 13.0. The van der Waals surface area contributed by atoms with Gasteiger partial charge in [-0.25, -0.2) is 4.79 Å². The number of nitrogens with zero attached hydrogens (tertiary/aromatic N) is 3. The molecular formula is C28H29N3O5. The molecule has 2 aromatic heterocycles. The van der Waals surface area contributed by atoms with Crippen molar-refractivity contribution in [3.8, 4) is 23.3 Å². The number of fused-ring (bicyclic) bond motifs is 1. The summed E-state index contributed by atoms with van der Waals surface area (Å²) in [6, 6.07) is 11.2. The van der Waals surface area contributed by atoms with E-state index in [0.29, 0.717) is 22.8 Å². The first-order chi connectivity index (χ1) is 17.2. The second-order valence-electron chi connectivity index (χ2n) is 8.81. The van der Waals surface area contributed by atoms with Crippen LogP contribution in [0.3, 0.4) is 0 Å². The average molecular weight is 488 g/mol. The summed E-state index contributed by atoms with van der Waals surface area (Å²) >= 11 is 0. The number of Topliss-reactive ketones (excluding diaryl/α,β-unsaturated/α-hetero) is 1. The Morgan fingerprint density at radius 2 is 1.81 bits per heavy atom. The lowest BCUT2D eigenvalue weighted by molar-refractivity contribution is -0.137. The van der Waals surface area contributed by atoms with E-state index in [1.165, 1.54) is 6.08 Å². The number of hydrogen-bond donors (Lipinski definition) is 0. The van der Waals surface area contributed by atoms with E-state index in [1.807, 2.05) is 62.6 Å². The fourth-order valence-electron chi connectivity index (χ4n) is 4.59. The Labute approximate surface area is 210 Å². The molecular weight excluding hydrogens is 458 g/mol. The number of hydrogen-bond acceptors (Lipinski definition) is 6. The van der Waals surface area contributed by atoms with Gasteiger partial charge in [-0.05, 0) is 70.0 Å². The van der Waals surface area contributed by atoms with E-state index in [-0.39, 0.29) is 18.1 Å². The zero-order chi connectivity index (χ0) is 26.0. The van der Waals surface area contributed by atoms with Gasteiger partial charge in [0.15, 0.2) is 18.1 Å². The van der Waals surface area contributed by atoms with Crippen molar-refractivity contribution >= 4 is 17.8 Å². The van der Waals surface area contributed by atoms with Crippen LogP contribution in [0, 0.1) is 39.0 Å². The highest BCUT2D eigenvalue weighted by Crippen LogP contribution is 2.35. The van der Waals surface area contributed by atoms with Gasteiger partial charge in [0.1, 0.15) is 11.6 Å². The predicted molar refractivity (Wildman–Crippen MR) is 134 cm³/mol. The van der Waals surface area contributed by atoms with E-state index in [0.717, 1.165) is 41.3 Å². The van der Waals surface area contributed by atoms with Gasteiger partial charge >= 0.3 is 5.97 Å². The molecule has 0 N–H and O–H groups in total. The lowest BCUT2D eigenvalue weighted by atomic mass is 10.1. The second kappa shape index (κ2) is 10.2. The first-order valence-corrected chi connectivity index (χ1v) is 11.8. The minimum Gasteiger partial charge on any atom is -0.454 e. The average Bonchev–Trinajstić information content (AvgIpc) is 3.52. The molecule has 0 aliphatic carbocycles. The fraction of sp³-hybridized carbons (Fsp3) is 0.321. The number of ketones is 1. The van der Waals surface area contributed by atoms with E-state index in [2.05, 4.69) is 11.5 Å². The van der Waals surface area contributed by atoms with Crippen molar-refractivity contribution < 1.29 is 23.8 Å². The molecule has 3 heterocycles. The number of esters is 1. The quantitative estimate of drug-likeness (QED) is 0.192. The monoisotopic (exact) mass is 487 g/mol. The van der Waals surface area contributed by atoms with E-state index < -0.39 is 12.6 Å². The molecule has 1 aliphatic rings. The summed E-state index contributed by atoms with van der Waals surface area (Å²) in [5.41, 5.74) is 5.51. The minimum atomic E-state index is -0.823. The molecule has 0 fully saturated rings. The van der Waals surface area contributed by atoms with Crippen molar-refractivity contribution in [2.24, 2.45) is 0 Å². The van der Waals surface area contributed by atoms with Crippen LogP contribution in [0.2, 0.25) is 0 Å². The summed E-state index contributed by atoms with van der Waals surface area (Å²) in [6.07, 6.45) is 2.50. The Balaban J connectivity index is 1.49. The van der Waals surface area contributed by atoms with Crippen LogP contribution in [-0.4, -0.2) is 34.3 Å². The van der Waals surface area contributed by atoms with E-state index in [4.69, 9.17) is 14.2 Å². The molecule has 3 aromatic rings. The molecule has 36 heavy (non-hydrogen) atoms. The molecule has 1 aliphatic heterocycles. The van der Waals surface area contributed by atoms with Crippen molar-refractivity contribution in [2.45, 2.75) is 47.6 Å². The Bertz CT molecular complexity index is 1420. The summed E-state index contributed by atoms with van der Waals surface area (Å²) in [5, 5.41) is 9.55. The molecule has 0 amide bonds. The summed E-state index contributed by atoms with van der Waals surface area (Å²) in [4.78, 5) is 25.6. The highest BCUT2D eigenvalue weighted by Gasteiger charge is 2.21. The van der Waals surface area contributed by atoms with E-state index >= 15 is 0 Å². The van der Waals surface area contributed by atoms with E-state index in [1.54, 1.807) is 6.07 Å². The third-order valence-corrected chi connectivity index (χ3v) is 6.38. The summed E-state index contributed by atoms with van der Waals surface area (Å²) in [7, 11) is 0. The Hall–Kier alpha value is -4.25. The van der Waals surface area contributed by atoms with Gasteiger partial charge in [0.05, 0.1) is 0 Å². The van der Waals surface area contributed by atoms with Crippen LogP contribution in [0.4, 0.5) is 0 Å². The SMILES string of the molecule is CCCn1c(C)cc(/C=C(/C#N)C(=O)OCC(=O)c2cc(C)n(-c3ccc4c(c3)OCO4)c2C)c1C. The molecule has 0 saturated heterocycles. The van der Waals surface area contributed by atoms with Gasteiger partial charge in [-0.1, -0.05) is 6.92 Å². The predicted octanol–water partition coefficient (Wildman–Crippen LogP) is 4.98. The van der Waals surface area contributed by atoms with Gasteiger partial charge < -0.3 is 23.3 Å². The molecule has 0 bridgehead atoms. The van der Waals surface area contributed by atoms with Crippen LogP contribution in [0.5, 0.6) is 11.5 Å². The largest absolute Gasteiger partial charge is 0.454 e. The Kier molecular flexibility index (Phi) is 7.02. The first kappa shape index (κ1) is 24.9. The molecule has 0 saturated carbocycles. The Morgan fingerprint density at radius 3 is 2.53 bits per heavy atom. The summed E-state index contributed by atoms with van der Waals surface area (Å²) in [6.45, 7) is 10.3. The van der Waals surface area contributed by atoms with Gasteiger partial charge in [-0.2, -0.15) is 5.26 Å². The van der Waals surface area contributed by atoms with Crippen LogP contribution >= 0.6 is 0 Å². The number of carbonyl (C=O) groups excluding carboxylic acids is 2. The zero-order valence-electron chi connectivity index (χ0n) is 21.2. The minimum absolute atomic E-state index is 0.148. The van der Waals surface area contributed by atoms with Crippen LogP contribution in [0.15, 0.2) is 35.9 Å². The van der Waals surface area contributed by atoms with Crippen molar-refractivity contribution in [1.82, 2.24) is 9.13 Å². The molecule has 0 unspecified atom stereocenters. The standard InChI is InChI=1S/C28H29N3O5/c1-6-9-30-17(2)10-21(19(30)4)12-22(14-29)28(33)34-15-25(32)24-11-18(3)31(20(24)5)23-7-8-26-27(13-23)36-16-35-26/h7-8,10-13H,6,9,15-16H2,1-5H3/b22-12-. The first-order valence-electron chi connectivity index (χ1n) is 11.8. The summed E-state index contributed by atoms with van der Waals surface area (Å²) < 4.78 is 20.2. The molecule has 8 nitrogen and oxygen atoms in total. The smallest absolute Gasteiger partial charge is 0.349 e. The molecule has 0 radical (unpaired) electrons. The van der Waals surface area contributed by atoms with Gasteiger partial charge in [0, 0.05) is 46.6 Å². The number of benzene rings is 1. The summed E-state index contributed by atoms with van der Waals surface area (Å²) in [5.74, 6) is 0.156. The van der Waals surface area contributed by atoms with Gasteiger partial charge in [-0.3, -0.25) is 4.79 Å². The van der Waals surface area contributed by atoms with Crippen LogP contribution in [0.1, 0.15) is 52.0 Å². The number of aromatic nitrogens is 2. The molecule has 1 aromatic carbocycles. The van der Waals surface area contributed by atoms with Gasteiger partial charge in [-0.15, -0.1) is 0 Å². The molecule has 4 rings (SSSR count). The highest BCUT2D eigenvalue weighted by atomic mass is 16.7. The molecule has 0 atom stereocenters. The normalized spacial score (nSPS) is 12.5. The highest BCUT2D eigenvalue weighted by molar-refractivity contribution is 6.02.